The molecule has 2 heteroatoms. The topological polar surface area (TPSA) is 32.3 Å². The van der Waals surface area contributed by atoms with E-state index in [-0.39, 0.29) is 5.54 Å². The molecule has 0 aromatic carbocycles. The lowest BCUT2D eigenvalue weighted by atomic mass is 9.95. The van der Waals surface area contributed by atoms with E-state index in [0.717, 1.165) is 13.0 Å². The lowest BCUT2D eigenvalue weighted by Crippen LogP contribution is -2.31. The monoisotopic (exact) mass is 129 g/mol. The van der Waals surface area contributed by atoms with Crippen molar-refractivity contribution in [3.8, 4) is 0 Å². The fourth-order valence-electron chi connectivity index (χ4n) is 1.51. The van der Waals surface area contributed by atoms with Gasteiger partial charge in [-0.15, -0.1) is 0 Å². The molecule has 2 N–H and O–H groups in total. The van der Waals surface area contributed by atoms with E-state index in [1.807, 2.05) is 6.92 Å². The summed E-state index contributed by atoms with van der Waals surface area (Å²) >= 11 is 0. The second-order valence-corrected chi connectivity index (χ2v) is 3.91. The number of β-amino-alcohol motifs (C(OH)–C–C–N with tert-alkyl or cyclic N) is 1. The Balaban J connectivity index is 2.58. The number of nitrogens with one attached hydrogen (secondary N) is 1. The highest BCUT2D eigenvalue weighted by molar-refractivity contribution is 4.96. The molecular formula is C7H15NO. The summed E-state index contributed by atoms with van der Waals surface area (Å²) in [5.74, 6) is 0. The van der Waals surface area contributed by atoms with E-state index >= 15 is 0 Å². The van der Waals surface area contributed by atoms with Gasteiger partial charge >= 0.3 is 0 Å². The second kappa shape index (κ2) is 1.70. The van der Waals surface area contributed by atoms with E-state index in [2.05, 4.69) is 19.2 Å². The van der Waals surface area contributed by atoms with Crippen LogP contribution in [0.1, 0.15) is 27.2 Å². The van der Waals surface area contributed by atoms with Crippen LogP contribution >= 0.6 is 0 Å². The molecule has 0 aliphatic carbocycles. The first kappa shape index (κ1) is 7.03. The maximum absolute atomic E-state index is 9.47. The van der Waals surface area contributed by atoms with Gasteiger partial charge in [0.05, 0.1) is 5.60 Å². The molecule has 1 unspecified atom stereocenters. The van der Waals surface area contributed by atoms with Crippen molar-refractivity contribution in [1.82, 2.24) is 5.32 Å². The van der Waals surface area contributed by atoms with Crippen LogP contribution in [0.4, 0.5) is 0 Å². The van der Waals surface area contributed by atoms with Crippen molar-refractivity contribution in [3.63, 3.8) is 0 Å². The van der Waals surface area contributed by atoms with Crippen LogP contribution in [-0.4, -0.2) is 22.8 Å². The first-order valence-electron chi connectivity index (χ1n) is 3.39. The van der Waals surface area contributed by atoms with Gasteiger partial charge in [-0.25, -0.2) is 0 Å². The number of rotatable bonds is 0. The largest absolute Gasteiger partial charge is 0.389 e. The number of aliphatic hydroxyl groups is 1. The molecule has 0 spiro atoms. The van der Waals surface area contributed by atoms with Crippen molar-refractivity contribution < 1.29 is 5.11 Å². The Kier molecular flexibility index (Phi) is 1.33. The molecule has 0 saturated carbocycles. The highest BCUT2D eigenvalue weighted by Crippen LogP contribution is 2.25. The van der Waals surface area contributed by atoms with Crippen LogP contribution in [0.5, 0.6) is 0 Å². The quantitative estimate of drug-likeness (QED) is 0.499. The van der Waals surface area contributed by atoms with Crippen LogP contribution in [0.3, 0.4) is 0 Å². The van der Waals surface area contributed by atoms with Gasteiger partial charge in [-0.3, -0.25) is 0 Å². The van der Waals surface area contributed by atoms with Gasteiger partial charge in [0.2, 0.25) is 0 Å². The molecule has 1 atom stereocenters. The average Bonchev–Trinajstić information content (AvgIpc) is 1.78. The zero-order valence-corrected chi connectivity index (χ0v) is 6.36. The molecule has 0 radical (unpaired) electrons. The lowest BCUT2D eigenvalue weighted by Gasteiger charge is -2.18. The zero-order chi connectivity index (χ0) is 7.12. The molecule has 0 aromatic heterocycles. The van der Waals surface area contributed by atoms with Gasteiger partial charge in [-0.1, -0.05) is 0 Å². The third kappa shape index (κ3) is 1.66. The molecule has 1 saturated heterocycles. The van der Waals surface area contributed by atoms with Gasteiger partial charge in [-0.05, 0) is 27.2 Å². The predicted octanol–water partition coefficient (Wildman–Crippen LogP) is 0.509. The molecule has 2 nitrogen and oxygen atoms in total. The van der Waals surface area contributed by atoms with Gasteiger partial charge in [0, 0.05) is 12.1 Å². The second-order valence-electron chi connectivity index (χ2n) is 3.91. The van der Waals surface area contributed by atoms with Crippen molar-refractivity contribution in [1.29, 1.82) is 0 Å². The Hall–Kier alpha value is -0.0800. The Morgan fingerprint density at radius 1 is 1.33 bits per heavy atom. The van der Waals surface area contributed by atoms with Crippen LogP contribution in [-0.2, 0) is 0 Å². The molecule has 1 heterocycles. The van der Waals surface area contributed by atoms with E-state index in [1.165, 1.54) is 0 Å². The molecule has 1 fully saturated rings. The third-order valence-corrected chi connectivity index (χ3v) is 1.77. The van der Waals surface area contributed by atoms with Gasteiger partial charge in [-0.2, -0.15) is 0 Å². The molecular weight excluding hydrogens is 114 g/mol. The fraction of sp³-hybridized carbons (Fsp3) is 1.00. The zero-order valence-electron chi connectivity index (χ0n) is 6.36. The average molecular weight is 129 g/mol. The number of hydrogen-bond donors (Lipinski definition) is 2. The minimum absolute atomic E-state index is 0.128. The summed E-state index contributed by atoms with van der Waals surface area (Å²) in [5, 5.41) is 12.7. The first-order chi connectivity index (χ1) is 3.91. The Morgan fingerprint density at radius 3 is 2.00 bits per heavy atom. The van der Waals surface area contributed by atoms with Crippen molar-refractivity contribution in [2.45, 2.75) is 38.3 Å². The first-order valence-corrected chi connectivity index (χ1v) is 3.39. The van der Waals surface area contributed by atoms with Crippen molar-refractivity contribution in [2.75, 3.05) is 6.54 Å². The molecule has 9 heavy (non-hydrogen) atoms. The van der Waals surface area contributed by atoms with Gasteiger partial charge in [0.25, 0.3) is 0 Å². The molecule has 1 aliphatic rings. The van der Waals surface area contributed by atoms with E-state index in [0.29, 0.717) is 0 Å². The van der Waals surface area contributed by atoms with Crippen LogP contribution < -0.4 is 5.32 Å². The molecule has 54 valence electrons. The fourth-order valence-corrected chi connectivity index (χ4v) is 1.51. The maximum Gasteiger partial charge on any atom is 0.0761 e. The van der Waals surface area contributed by atoms with Gasteiger partial charge in [0.15, 0.2) is 0 Å². The standard InChI is InChI=1S/C7H15NO/c1-6(2)4-7(3,9)5-8-6/h8-9H,4-5H2,1-3H3. The lowest BCUT2D eigenvalue weighted by molar-refractivity contribution is 0.0755. The van der Waals surface area contributed by atoms with Crippen LogP contribution in [0.15, 0.2) is 0 Å². The van der Waals surface area contributed by atoms with E-state index in [4.69, 9.17) is 0 Å². The van der Waals surface area contributed by atoms with Crippen molar-refractivity contribution in [3.05, 3.63) is 0 Å². The van der Waals surface area contributed by atoms with Crippen molar-refractivity contribution in [2.24, 2.45) is 0 Å². The van der Waals surface area contributed by atoms with E-state index in [1.54, 1.807) is 0 Å². The van der Waals surface area contributed by atoms with Crippen LogP contribution in [0.25, 0.3) is 0 Å². The Morgan fingerprint density at radius 2 is 1.89 bits per heavy atom. The van der Waals surface area contributed by atoms with Crippen molar-refractivity contribution >= 4 is 0 Å². The Labute approximate surface area is 56.3 Å². The summed E-state index contributed by atoms with van der Waals surface area (Å²) in [4.78, 5) is 0. The summed E-state index contributed by atoms with van der Waals surface area (Å²) in [5.41, 5.74) is -0.354. The normalized spacial score (nSPS) is 41.3. The molecule has 1 rings (SSSR count). The minimum atomic E-state index is -0.483. The smallest absolute Gasteiger partial charge is 0.0761 e. The van der Waals surface area contributed by atoms with E-state index < -0.39 is 5.60 Å². The molecule has 0 amide bonds. The highest BCUT2D eigenvalue weighted by atomic mass is 16.3. The Bertz CT molecular complexity index is 104. The summed E-state index contributed by atoms with van der Waals surface area (Å²) in [6.07, 6.45) is 0.847. The summed E-state index contributed by atoms with van der Waals surface area (Å²) in [7, 11) is 0. The molecule has 0 aromatic rings. The van der Waals surface area contributed by atoms with Gasteiger partial charge < -0.3 is 10.4 Å². The van der Waals surface area contributed by atoms with Gasteiger partial charge in [0.1, 0.15) is 0 Å². The summed E-state index contributed by atoms with van der Waals surface area (Å²) in [6.45, 7) is 6.80. The van der Waals surface area contributed by atoms with Crippen LogP contribution in [0.2, 0.25) is 0 Å². The predicted molar refractivity (Wildman–Crippen MR) is 37.3 cm³/mol. The van der Waals surface area contributed by atoms with Crippen LogP contribution in [0, 0.1) is 0 Å². The third-order valence-electron chi connectivity index (χ3n) is 1.77. The molecule has 1 aliphatic heterocycles. The highest BCUT2D eigenvalue weighted by Gasteiger charge is 2.37. The van der Waals surface area contributed by atoms with E-state index in [9.17, 15) is 5.11 Å². The SMILES string of the molecule is CC1(O)CNC(C)(C)C1. The maximum atomic E-state index is 9.47. The summed E-state index contributed by atoms with van der Waals surface area (Å²) < 4.78 is 0. The summed E-state index contributed by atoms with van der Waals surface area (Å²) in [6, 6.07) is 0. The number of hydrogen-bond acceptors (Lipinski definition) is 2. The molecule has 0 bridgehead atoms. The minimum Gasteiger partial charge on any atom is -0.389 e.